The van der Waals surface area contributed by atoms with Crippen molar-refractivity contribution < 1.29 is 5.11 Å². The molecule has 0 bridgehead atoms. The third-order valence-electron chi connectivity index (χ3n) is 2.43. The molecular weight excluding hydrogens is 186 g/mol. The molecule has 0 radical (unpaired) electrons. The molecule has 0 aromatic heterocycles. The maximum atomic E-state index is 9.48. The number of para-hydroxylation sites is 1. The van der Waals surface area contributed by atoms with E-state index in [1.54, 1.807) is 6.07 Å². The predicted molar refractivity (Wildman–Crippen MR) is 55.0 cm³/mol. The molecule has 1 fully saturated rings. The standard InChI is InChI=1S/C10H13NO.ClH/c11-10(7-5-6-7)8-3-1-2-4-9(8)12;/h1-4,7,10,12H,5-6,11H2;1H/t10-;/m1./s1. The lowest BCUT2D eigenvalue weighted by Gasteiger charge is -2.11. The van der Waals surface area contributed by atoms with Gasteiger partial charge in [0, 0.05) is 11.6 Å². The van der Waals surface area contributed by atoms with E-state index in [0.717, 1.165) is 5.56 Å². The van der Waals surface area contributed by atoms with E-state index in [2.05, 4.69) is 0 Å². The van der Waals surface area contributed by atoms with Crippen LogP contribution in [0.15, 0.2) is 24.3 Å². The minimum Gasteiger partial charge on any atom is -0.508 e. The zero-order valence-electron chi connectivity index (χ0n) is 7.31. The average Bonchev–Trinajstić information content (AvgIpc) is 2.86. The Hall–Kier alpha value is -0.730. The third-order valence-corrected chi connectivity index (χ3v) is 2.43. The van der Waals surface area contributed by atoms with Crippen molar-refractivity contribution in [1.29, 1.82) is 0 Å². The fourth-order valence-electron chi connectivity index (χ4n) is 1.48. The number of hydrogen-bond acceptors (Lipinski definition) is 2. The van der Waals surface area contributed by atoms with Gasteiger partial charge < -0.3 is 10.8 Å². The van der Waals surface area contributed by atoms with Crippen LogP contribution in [-0.4, -0.2) is 5.11 Å². The Morgan fingerprint density at radius 3 is 2.46 bits per heavy atom. The fourth-order valence-corrected chi connectivity index (χ4v) is 1.48. The smallest absolute Gasteiger partial charge is 0.120 e. The van der Waals surface area contributed by atoms with Crippen LogP contribution in [0.3, 0.4) is 0 Å². The summed E-state index contributed by atoms with van der Waals surface area (Å²) in [4.78, 5) is 0. The highest BCUT2D eigenvalue weighted by atomic mass is 35.5. The van der Waals surface area contributed by atoms with Crippen LogP contribution in [0.5, 0.6) is 5.75 Å². The summed E-state index contributed by atoms with van der Waals surface area (Å²) in [6.45, 7) is 0. The molecule has 0 saturated heterocycles. The van der Waals surface area contributed by atoms with Gasteiger partial charge in [0.25, 0.3) is 0 Å². The summed E-state index contributed by atoms with van der Waals surface area (Å²) in [6.07, 6.45) is 2.41. The van der Waals surface area contributed by atoms with E-state index in [1.165, 1.54) is 12.8 Å². The lowest BCUT2D eigenvalue weighted by atomic mass is 10.0. The van der Waals surface area contributed by atoms with Crippen LogP contribution in [0.4, 0.5) is 0 Å². The number of nitrogens with two attached hydrogens (primary N) is 1. The van der Waals surface area contributed by atoms with E-state index >= 15 is 0 Å². The highest BCUT2D eigenvalue weighted by Gasteiger charge is 2.30. The molecule has 1 aromatic carbocycles. The lowest BCUT2D eigenvalue weighted by molar-refractivity contribution is 0.456. The van der Waals surface area contributed by atoms with Crippen molar-refractivity contribution in [3.05, 3.63) is 29.8 Å². The summed E-state index contributed by atoms with van der Waals surface area (Å²) in [7, 11) is 0. The van der Waals surface area contributed by atoms with E-state index in [9.17, 15) is 5.11 Å². The Bertz CT molecular complexity index is 286. The number of aromatic hydroxyl groups is 1. The number of rotatable bonds is 2. The van der Waals surface area contributed by atoms with Crippen molar-refractivity contribution in [2.45, 2.75) is 18.9 Å². The molecule has 1 atom stereocenters. The van der Waals surface area contributed by atoms with Crippen LogP contribution < -0.4 is 5.73 Å². The molecule has 0 amide bonds. The molecular formula is C10H14ClNO. The second-order valence-electron chi connectivity index (χ2n) is 3.42. The number of phenols is 1. The van der Waals surface area contributed by atoms with Gasteiger partial charge in [-0.2, -0.15) is 0 Å². The maximum absolute atomic E-state index is 9.48. The summed E-state index contributed by atoms with van der Waals surface area (Å²) < 4.78 is 0. The van der Waals surface area contributed by atoms with Crippen molar-refractivity contribution in [3.63, 3.8) is 0 Å². The van der Waals surface area contributed by atoms with Gasteiger partial charge in [-0.15, -0.1) is 12.4 Å². The molecule has 3 N–H and O–H groups in total. The first-order valence-electron chi connectivity index (χ1n) is 4.32. The highest BCUT2D eigenvalue weighted by molar-refractivity contribution is 5.85. The molecule has 3 heteroatoms. The Balaban J connectivity index is 0.000000845. The number of phenolic OH excluding ortho intramolecular Hbond substituents is 1. The Morgan fingerprint density at radius 2 is 1.92 bits per heavy atom. The van der Waals surface area contributed by atoms with E-state index in [4.69, 9.17) is 5.73 Å². The minimum absolute atomic E-state index is 0. The maximum Gasteiger partial charge on any atom is 0.120 e. The predicted octanol–water partition coefficient (Wildman–Crippen LogP) is 2.22. The van der Waals surface area contributed by atoms with Crippen molar-refractivity contribution in [2.24, 2.45) is 11.7 Å². The van der Waals surface area contributed by atoms with Gasteiger partial charge in [-0.25, -0.2) is 0 Å². The van der Waals surface area contributed by atoms with Gasteiger partial charge in [-0.05, 0) is 24.8 Å². The SMILES string of the molecule is Cl.N[C@@H](c1ccccc1O)C1CC1. The molecule has 0 heterocycles. The highest BCUT2D eigenvalue weighted by Crippen LogP contribution is 2.41. The Morgan fingerprint density at radius 1 is 1.31 bits per heavy atom. The quantitative estimate of drug-likeness (QED) is 0.768. The fraction of sp³-hybridized carbons (Fsp3) is 0.400. The summed E-state index contributed by atoms with van der Waals surface area (Å²) in [6, 6.07) is 7.36. The van der Waals surface area contributed by atoms with Crippen LogP contribution in [0.25, 0.3) is 0 Å². The summed E-state index contributed by atoms with van der Waals surface area (Å²) >= 11 is 0. The van der Waals surface area contributed by atoms with Crippen LogP contribution in [-0.2, 0) is 0 Å². The molecule has 1 aromatic rings. The molecule has 1 saturated carbocycles. The molecule has 0 spiro atoms. The summed E-state index contributed by atoms with van der Waals surface area (Å²) in [5.41, 5.74) is 6.83. The van der Waals surface area contributed by atoms with E-state index in [0.29, 0.717) is 11.7 Å². The third kappa shape index (κ3) is 2.14. The summed E-state index contributed by atoms with van der Waals surface area (Å²) in [5.74, 6) is 0.926. The number of benzene rings is 1. The van der Waals surface area contributed by atoms with Gasteiger partial charge in [0.05, 0.1) is 0 Å². The Labute approximate surface area is 84.2 Å². The molecule has 0 unspecified atom stereocenters. The topological polar surface area (TPSA) is 46.2 Å². The molecule has 1 aliphatic rings. The minimum atomic E-state index is 0. The lowest BCUT2D eigenvalue weighted by Crippen LogP contribution is -2.12. The first-order chi connectivity index (χ1) is 5.79. The number of hydrogen-bond donors (Lipinski definition) is 2. The number of halogens is 1. The van der Waals surface area contributed by atoms with Crippen LogP contribution in [0.1, 0.15) is 24.4 Å². The average molecular weight is 200 g/mol. The first-order valence-corrected chi connectivity index (χ1v) is 4.32. The van der Waals surface area contributed by atoms with Crippen LogP contribution >= 0.6 is 12.4 Å². The molecule has 72 valence electrons. The van der Waals surface area contributed by atoms with E-state index in [-0.39, 0.29) is 18.4 Å². The normalized spacial score (nSPS) is 17.6. The van der Waals surface area contributed by atoms with Gasteiger partial charge >= 0.3 is 0 Å². The van der Waals surface area contributed by atoms with E-state index in [1.807, 2.05) is 18.2 Å². The van der Waals surface area contributed by atoms with Crippen molar-refractivity contribution in [3.8, 4) is 5.75 Å². The van der Waals surface area contributed by atoms with Gasteiger partial charge in [-0.1, -0.05) is 18.2 Å². The van der Waals surface area contributed by atoms with Crippen molar-refractivity contribution in [1.82, 2.24) is 0 Å². The molecule has 2 nitrogen and oxygen atoms in total. The Kier molecular flexibility index (Phi) is 3.17. The monoisotopic (exact) mass is 199 g/mol. The zero-order chi connectivity index (χ0) is 8.55. The second kappa shape index (κ2) is 3.99. The molecule has 0 aliphatic heterocycles. The van der Waals surface area contributed by atoms with Crippen molar-refractivity contribution >= 4 is 12.4 Å². The molecule has 13 heavy (non-hydrogen) atoms. The summed E-state index contributed by atoms with van der Waals surface area (Å²) in [5, 5.41) is 9.48. The van der Waals surface area contributed by atoms with E-state index < -0.39 is 0 Å². The molecule has 2 rings (SSSR count). The van der Waals surface area contributed by atoms with Gasteiger partial charge in [0.15, 0.2) is 0 Å². The van der Waals surface area contributed by atoms with Crippen molar-refractivity contribution in [2.75, 3.05) is 0 Å². The first kappa shape index (κ1) is 10.4. The zero-order valence-corrected chi connectivity index (χ0v) is 8.13. The van der Waals surface area contributed by atoms with Gasteiger partial charge in [-0.3, -0.25) is 0 Å². The van der Waals surface area contributed by atoms with Crippen LogP contribution in [0.2, 0.25) is 0 Å². The largest absolute Gasteiger partial charge is 0.508 e. The van der Waals surface area contributed by atoms with Crippen LogP contribution in [0, 0.1) is 5.92 Å². The van der Waals surface area contributed by atoms with Gasteiger partial charge in [0.2, 0.25) is 0 Å². The second-order valence-corrected chi connectivity index (χ2v) is 3.42. The van der Waals surface area contributed by atoms with Gasteiger partial charge in [0.1, 0.15) is 5.75 Å². The molecule has 1 aliphatic carbocycles.